The van der Waals surface area contributed by atoms with E-state index >= 15 is 0 Å². The molecule has 0 aliphatic rings. The van der Waals surface area contributed by atoms with E-state index in [2.05, 4.69) is 30.5 Å². The van der Waals surface area contributed by atoms with Gasteiger partial charge in [-0.05, 0) is 66.4 Å². The molecule has 0 spiro atoms. The van der Waals surface area contributed by atoms with Gasteiger partial charge >= 0.3 is 0 Å². The van der Waals surface area contributed by atoms with Crippen molar-refractivity contribution in [3.63, 3.8) is 0 Å². The molecule has 1 heterocycles. The average Bonchev–Trinajstić information content (AvgIpc) is 2.99. The Balaban J connectivity index is 1.75. The van der Waals surface area contributed by atoms with Crippen molar-refractivity contribution in [3.05, 3.63) is 78.1 Å². The van der Waals surface area contributed by atoms with Crippen LogP contribution in [0.3, 0.4) is 0 Å². The quantitative estimate of drug-likeness (QED) is 0.101. The molecule has 0 aliphatic carbocycles. The van der Waals surface area contributed by atoms with Crippen LogP contribution in [0.4, 0.5) is 34.6 Å². The van der Waals surface area contributed by atoms with Gasteiger partial charge in [-0.2, -0.15) is 31.8 Å². The summed E-state index contributed by atoms with van der Waals surface area (Å²) in [7, 11) is -13.9. The highest BCUT2D eigenvalue weighted by Crippen LogP contribution is 2.46. The standard InChI is InChI=1S/C28H24ClN7O9S3/c1-3-36(17-9-5-4-6-10-17)28-32-26(29)31-27(33-28)30-20-15-18(46(2,38)39)13-16-14-22(48(43,44)45)24(25(37)23(16)20)35-34-19-11-7-8-12-21(19)47(40,41)42/h4-15,37H,3H2,1-2H3,(H,40,41,42)(H,43,44,45)(H,30,31,32,33). The summed E-state index contributed by atoms with van der Waals surface area (Å²) >= 11 is 6.24. The number of para-hydroxylation sites is 1. The first-order valence-corrected chi connectivity index (χ1v) is 18.6. The molecule has 0 saturated heterocycles. The van der Waals surface area contributed by atoms with Crippen LogP contribution in [0.25, 0.3) is 10.8 Å². The lowest BCUT2D eigenvalue weighted by molar-refractivity contribution is 0.472. The Morgan fingerprint density at radius 2 is 1.48 bits per heavy atom. The number of aromatic nitrogens is 3. The number of halogens is 1. The summed E-state index contributed by atoms with van der Waals surface area (Å²) in [6, 6.07) is 16.9. The van der Waals surface area contributed by atoms with Gasteiger partial charge in [-0.15, -0.1) is 10.2 Å². The minimum Gasteiger partial charge on any atom is -0.505 e. The first-order chi connectivity index (χ1) is 22.5. The Bertz CT molecular complexity index is 2430. The van der Waals surface area contributed by atoms with E-state index in [1.54, 1.807) is 4.90 Å². The average molecular weight is 734 g/mol. The maximum Gasteiger partial charge on any atom is 0.296 e. The van der Waals surface area contributed by atoms with Crippen molar-refractivity contribution in [1.29, 1.82) is 0 Å². The molecule has 0 saturated carbocycles. The smallest absolute Gasteiger partial charge is 0.296 e. The molecule has 250 valence electrons. The highest BCUT2D eigenvalue weighted by molar-refractivity contribution is 7.90. The fraction of sp³-hybridized carbons (Fsp3) is 0.107. The molecule has 5 aromatic rings. The molecular formula is C28H24ClN7O9S3. The Kier molecular flexibility index (Phi) is 9.37. The zero-order valence-corrected chi connectivity index (χ0v) is 27.9. The van der Waals surface area contributed by atoms with Gasteiger partial charge in [0.15, 0.2) is 15.6 Å². The molecule has 0 bridgehead atoms. The number of fused-ring (bicyclic) bond motifs is 1. The molecule has 0 radical (unpaired) electrons. The van der Waals surface area contributed by atoms with E-state index < -0.39 is 57.0 Å². The van der Waals surface area contributed by atoms with E-state index in [9.17, 15) is 39.5 Å². The van der Waals surface area contributed by atoms with Crippen LogP contribution in [-0.4, -0.2) is 67.2 Å². The van der Waals surface area contributed by atoms with Crippen LogP contribution >= 0.6 is 11.6 Å². The molecule has 0 fully saturated rings. The monoisotopic (exact) mass is 733 g/mol. The second-order valence-electron chi connectivity index (χ2n) is 9.96. The number of aromatic hydroxyl groups is 1. The van der Waals surface area contributed by atoms with E-state index in [1.807, 2.05) is 37.3 Å². The van der Waals surface area contributed by atoms with Gasteiger partial charge in [-0.25, -0.2) is 8.42 Å². The number of rotatable bonds is 10. The van der Waals surface area contributed by atoms with Gasteiger partial charge in [0.25, 0.3) is 20.2 Å². The molecule has 16 nitrogen and oxygen atoms in total. The van der Waals surface area contributed by atoms with Crippen LogP contribution in [0.15, 0.2) is 97.7 Å². The number of phenols is 1. The Hall–Kier alpha value is -4.79. The topological polar surface area (TPSA) is 242 Å². The van der Waals surface area contributed by atoms with Gasteiger partial charge < -0.3 is 15.3 Å². The van der Waals surface area contributed by atoms with Crippen LogP contribution in [-0.2, 0) is 30.1 Å². The third kappa shape index (κ3) is 7.35. The van der Waals surface area contributed by atoms with Gasteiger partial charge in [0.1, 0.15) is 21.2 Å². The number of nitrogens with zero attached hydrogens (tertiary/aromatic N) is 6. The third-order valence-corrected chi connectivity index (χ3v) is 9.73. The van der Waals surface area contributed by atoms with Gasteiger partial charge in [0.05, 0.1) is 10.6 Å². The van der Waals surface area contributed by atoms with Crippen LogP contribution in [0, 0.1) is 0 Å². The van der Waals surface area contributed by atoms with Gasteiger partial charge in [0.2, 0.25) is 17.2 Å². The van der Waals surface area contributed by atoms with Crippen molar-refractivity contribution >= 4 is 87.1 Å². The normalized spacial score (nSPS) is 12.4. The van der Waals surface area contributed by atoms with Crippen molar-refractivity contribution in [1.82, 2.24) is 15.0 Å². The molecule has 5 rings (SSSR count). The number of azo groups is 1. The first kappa shape index (κ1) is 34.5. The maximum atomic E-state index is 12.7. The number of phenolic OH excluding ortho intramolecular Hbond substituents is 1. The molecular weight excluding hydrogens is 710 g/mol. The van der Waals surface area contributed by atoms with E-state index in [4.69, 9.17) is 11.6 Å². The highest BCUT2D eigenvalue weighted by atomic mass is 35.5. The lowest BCUT2D eigenvalue weighted by Gasteiger charge is -2.21. The number of benzene rings is 4. The molecule has 48 heavy (non-hydrogen) atoms. The van der Waals surface area contributed by atoms with E-state index in [1.165, 1.54) is 12.1 Å². The summed E-state index contributed by atoms with van der Waals surface area (Å²) in [5.74, 6) is -1.01. The second-order valence-corrected chi connectivity index (χ2v) is 15.1. The Morgan fingerprint density at radius 1 is 0.833 bits per heavy atom. The molecule has 0 amide bonds. The summed E-state index contributed by atoms with van der Waals surface area (Å²) in [6.07, 6.45) is 0.896. The Labute approximate surface area is 279 Å². The van der Waals surface area contributed by atoms with Crippen molar-refractivity contribution in [2.75, 3.05) is 23.0 Å². The number of nitrogens with one attached hydrogen (secondary N) is 1. The molecule has 4 aromatic carbocycles. The zero-order chi connectivity index (χ0) is 35.0. The predicted octanol–water partition coefficient (Wildman–Crippen LogP) is 5.60. The third-order valence-electron chi connectivity index (χ3n) is 6.70. The summed E-state index contributed by atoms with van der Waals surface area (Å²) in [4.78, 5) is 12.4. The minimum atomic E-state index is -5.17. The van der Waals surface area contributed by atoms with Crippen molar-refractivity contribution in [3.8, 4) is 5.75 Å². The number of anilines is 4. The van der Waals surface area contributed by atoms with Crippen LogP contribution in [0.1, 0.15) is 6.92 Å². The lowest BCUT2D eigenvalue weighted by Crippen LogP contribution is -2.19. The highest BCUT2D eigenvalue weighted by Gasteiger charge is 2.26. The zero-order valence-electron chi connectivity index (χ0n) is 24.7. The molecule has 1 aromatic heterocycles. The van der Waals surface area contributed by atoms with Crippen molar-refractivity contribution < 1.29 is 39.5 Å². The van der Waals surface area contributed by atoms with Crippen LogP contribution in [0.5, 0.6) is 5.75 Å². The summed E-state index contributed by atoms with van der Waals surface area (Å²) in [5.41, 5.74) is -0.726. The van der Waals surface area contributed by atoms with Gasteiger partial charge in [0, 0.05) is 23.9 Å². The molecule has 0 aliphatic heterocycles. The van der Waals surface area contributed by atoms with Crippen LogP contribution < -0.4 is 10.2 Å². The molecule has 4 N–H and O–H groups in total. The minimum absolute atomic E-state index is 0.111. The lowest BCUT2D eigenvalue weighted by atomic mass is 10.1. The van der Waals surface area contributed by atoms with Gasteiger partial charge in [-0.3, -0.25) is 9.11 Å². The SMILES string of the molecule is CCN(c1ccccc1)c1nc(Cl)nc(Nc2cc(S(C)(=O)=O)cc3cc(S(=O)(=O)O)c(N=Nc4ccccc4S(=O)(=O)O)c(O)c23)n1. The van der Waals surface area contributed by atoms with Crippen molar-refractivity contribution in [2.24, 2.45) is 10.2 Å². The van der Waals surface area contributed by atoms with E-state index in [-0.39, 0.29) is 38.5 Å². The summed E-state index contributed by atoms with van der Waals surface area (Å²) in [5, 5.41) is 21.1. The van der Waals surface area contributed by atoms with Gasteiger partial charge in [-0.1, -0.05) is 30.3 Å². The second kappa shape index (κ2) is 13.0. The number of sulfone groups is 1. The molecule has 0 atom stereocenters. The largest absolute Gasteiger partial charge is 0.505 e. The maximum absolute atomic E-state index is 12.7. The number of hydrogen-bond donors (Lipinski definition) is 4. The number of hydrogen-bond acceptors (Lipinski definition) is 14. The first-order valence-electron chi connectivity index (χ1n) is 13.5. The molecule has 0 unspecified atom stereocenters. The van der Waals surface area contributed by atoms with E-state index in [0.717, 1.165) is 42.3 Å². The van der Waals surface area contributed by atoms with Crippen LogP contribution in [0.2, 0.25) is 5.28 Å². The summed E-state index contributed by atoms with van der Waals surface area (Å²) in [6.45, 7) is 2.25. The fourth-order valence-electron chi connectivity index (χ4n) is 4.61. The van der Waals surface area contributed by atoms with Crippen molar-refractivity contribution in [2.45, 2.75) is 21.6 Å². The van der Waals surface area contributed by atoms with E-state index in [0.29, 0.717) is 6.54 Å². The molecule has 20 heteroatoms. The predicted molar refractivity (Wildman–Crippen MR) is 176 cm³/mol. The summed E-state index contributed by atoms with van der Waals surface area (Å²) < 4.78 is 93.5. The Morgan fingerprint density at radius 3 is 2.10 bits per heavy atom. The fourth-order valence-corrected chi connectivity index (χ4v) is 6.72.